The maximum atomic E-state index is 11.5. The molecule has 0 aliphatic heterocycles. The smallest absolute Gasteiger partial charge is 0.256 e. The Hall–Kier alpha value is -1.11. The molecule has 0 saturated carbocycles. The van der Waals surface area contributed by atoms with Crippen molar-refractivity contribution >= 4 is 27.7 Å². The fourth-order valence-corrected chi connectivity index (χ4v) is 2.80. The molecule has 0 unspecified atom stereocenters. The van der Waals surface area contributed by atoms with Crippen molar-refractivity contribution in [3.8, 4) is 0 Å². The summed E-state index contributed by atoms with van der Waals surface area (Å²) in [5.74, 6) is 1.17. The second-order valence-electron chi connectivity index (χ2n) is 3.56. The third kappa shape index (κ3) is 3.22. The van der Waals surface area contributed by atoms with E-state index in [2.05, 4.69) is 25.9 Å². The first-order valence-corrected chi connectivity index (χ1v) is 7.04. The highest BCUT2D eigenvalue weighted by molar-refractivity contribution is 9.10. The van der Waals surface area contributed by atoms with Gasteiger partial charge in [0.05, 0.1) is 17.9 Å². The second kappa shape index (κ2) is 6.17. The van der Waals surface area contributed by atoms with Crippen LogP contribution in [-0.4, -0.2) is 15.1 Å². The number of nitrogens with zero attached hydrogens (tertiary/aromatic N) is 1. The van der Waals surface area contributed by atoms with E-state index >= 15 is 0 Å². The van der Waals surface area contributed by atoms with Crippen LogP contribution in [0.25, 0.3) is 0 Å². The van der Waals surface area contributed by atoms with Crippen molar-refractivity contribution in [2.45, 2.75) is 17.3 Å². The SMILES string of the molecule is O=c1[nH]c(CSc2ccccc2Br)ncc1CO. The Kier molecular flexibility index (Phi) is 4.57. The number of rotatable bonds is 4. The van der Waals surface area contributed by atoms with Crippen LogP contribution in [0.5, 0.6) is 0 Å². The molecule has 94 valence electrons. The molecule has 0 bridgehead atoms. The summed E-state index contributed by atoms with van der Waals surface area (Å²) >= 11 is 5.04. The zero-order chi connectivity index (χ0) is 13.0. The lowest BCUT2D eigenvalue weighted by atomic mass is 10.3. The van der Waals surface area contributed by atoms with E-state index in [1.807, 2.05) is 24.3 Å². The van der Waals surface area contributed by atoms with Crippen molar-refractivity contribution in [2.24, 2.45) is 0 Å². The average Bonchev–Trinajstić information content (AvgIpc) is 2.38. The lowest BCUT2D eigenvalue weighted by Crippen LogP contribution is -2.15. The van der Waals surface area contributed by atoms with Crippen molar-refractivity contribution in [3.63, 3.8) is 0 Å². The minimum absolute atomic E-state index is 0.282. The number of aliphatic hydroxyl groups is 1. The number of benzene rings is 1. The highest BCUT2D eigenvalue weighted by Crippen LogP contribution is 2.28. The molecule has 1 aromatic heterocycles. The Balaban J connectivity index is 2.09. The monoisotopic (exact) mass is 326 g/mol. The van der Waals surface area contributed by atoms with Gasteiger partial charge in [0.2, 0.25) is 0 Å². The number of thioether (sulfide) groups is 1. The van der Waals surface area contributed by atoms with Gasteiger partial charge in [-0.3, -0.25) is 4.79 Å². The normalized spacial score (nSPS) is 10.6. The summed E-state index contributed by atoms with van der Waals surface area (Å²) in [6, 6.07) is 7.87. The van der Waals surface area contributed by atoms with E-state index in [9.17, 15) is 4.79 Å². The minimum Gasteiger partial charge on any atom is -0.391 e. The molecule has 0 amide bonds. The van der Waals surface area contributed by atoms with Crippen LogP contribution in [0.2, 0.25) is 0 Å². The summed E-state index contributed by atoms with van der Waals surface area (Å²) in [5.41, 5.74) is -0.000121. The van der Waals surface area contributed by atoms with Gasteiger partial charge in [-0.05, 0) is 28.1 Å². The van der Waals surface area contributed by atoms with Crippen LogP contribution in [0.1, 0.15) is 11.4 Å². The van der Waals surface area contributed by atoms with Crippen molar-refractivity contribution in [1.29, 1.82) is 0 Å². The molecule has 18 heavy (non-hydrogen) atoms. The number of halogens is 1. The molecule has 6 heteroatoms. The first kappa shape index (κ1) is 13.3. The summed E-state index contributed by atoms with van der Waals surface area (Å²) in [5, 5.41) is 8.88. The van der Waals surface area contributed by atoms with Gasteiger partial charge in [0.25, 0.3) is 5.56 Å². The zero-order valence-electron chi connectivity index (χ0n) is 9.39. The first-order valence-electron chi connectivity index (χ1n) is 5.26. The van der Waals surface area contributed by atoms with E-state index in [0.29, 0.717) is 11.6 Å². The molecule has 1 aromatic carbocycles. The molecule has 2 N–H and O–H groups in total. The van der Waals surface area contributed by atoms with Crippen LogP contribution >= 0.6 is 27.7 Å². The molecule has 0 radical (unpaired) electrons. The van der Waals surface area contributed by atoms with Crippen molar-refractivity contribution in [1.82, 2.24) is 9.97 Å². The lowest BCUT2D eigenvalue weighted by Gasteiger charge is -2.04. The third-order valence-corrected chi connectivity index (χ3v) is 4.34. The van der Waals surface area contributed by atoms with Crippen molar-refractivity contribution < 1.29 is 5.11 Å². The quantitative estimate of drug-likeness (QED) is 0.846. The number of hydrogen-bond acceptors (Lipinski definition) is 4. The summed E-state index contributed by atoms with van der Waals surface area (Å²) < 4.78 is 1.02. The molecule has 0 aliphatic carbocycles. The van der Waals surface area contributed by atoms with Crippen LogP contribution in [0.3, 0.4) is 0 Å². The van der Waals surface area contributed by atoms with Gasteiger partial charge >= 0.3 is 0 Å². The van der Waals surface area contributed by atoms with Gasteiger partial charge in [-0.1, -0.05) is 12.1 Å². The fourth-order valence-electron chi connectivity index (χ4n) is 1.35. The molecule has 2 aromatic rings. The van der Waals surface area contributed by atoms with Gasteiger partial charge in [-0.25, -0.2) is 4.98 Å². The van der Waals surface area contributed by atoms with Crippen molar-refractivity contribution in [3.05, 3.63) is 56.7 Å². The maximum absolute atomic E-state index is 11.5. The summed E-state index contributed by atoms with van der Waals surface area (Å²) in [6.45, 7) is -0.292. The highest BCUT2D eigenvalue weighted by atomic mass is 79.9. The number of H-pyrrole nitrogens is 1. The Bertz CT molecular complexity index is 601. The van der Waals surface area contributed by atoms with Crippen LogP contribution < -0.4 is 5.56 Å². The van der Waals surface area contributed by atoms with E-state index in [4.69, 9.17) is 5.11 Å². The predicted molar refractivity (Wildman–Crippen MR) is 74.5 cm³/mol. The largest absolute Gasteiger partial charge is 0.391 e. The Morgan fingerprint density at radius 3 is 2.83 bits per heavy atom. The maximum Gasteiger partial charge on any atom is 0.256 e. The second-order valence-corrected chi connectivity index (χ2v) is 5.43. The van der Waals surface area contributed by atoms with E-state index in [-0.39, 0.29) is 17.7 Å². The fraction of sp³-hybridized carbons (Fsp3) is 0.167. The molecule has 0 spiro atoms. The molecule has 0 saturated heterocycles. The number of aliphatic hydroxyl groups excluding tert-OH is 1. The van der Waals surface area contributed by atoms with E-state index < -0.39 is 0 Å². The highest BCUT2D eigenvalue weighted by Gasteiger charge is 2.04. The van der Waals surface area contributed by atoms with E-state index in [1.165, 1.54) is 6.20 Å². The molecular formula is C12H11BrN2O2S. The lowest BCUT2D eigenvalue weighted by molar-refractivity contribution is 0.279. The van der Waals surface area contributed by atoms with Crippen molar-refractivity contribution in [2.75, 3.05) is 0 Å². The standard InChI is InChI=1S/C12H11BrN2O2S/c13-9-3-1-2-4-10(9)18-7-11-14-5-8(6-16)12(17)15-11/h1-5,16H,6-7H2,(H,14,15,17). The summed E-state index contributed by atoms with van der Waals surface area (Å²) in [6.07, 6.45) is 1.41. The van der Waals surface area contributed by atoms with Crippen LogP contribution in [0, 0.1) is 0 Å². The molecule has 0 aliphatic rings. The van der Waals surface area contributed by atoms with Gasteiger partial charge in [-0.15, -0.1) is 11.8 Å². The Morgan fingerprint density at radius 1 is 1.39 bits per heavy atom. The molecular weight excluding hydrogens is 316 g/mol. The average molecular weight is 327 g/mol. The van der Waals surface area contributed by atoms with Crippen LogP contribution in [0.15, 0.2) is 44.6 Å². The van der Waals surface area contributed by atoms with Crippen LogP contribution in [0.4, 0.5) is 0 Å². The van der Waals surface area contributed by atoms with Gasteiger partial charge in [0, 0.05) is 15.6 Å². The van der Waals surface area contributed by atoms with E-state index in [1.54, 1.807) is 11.8 Å². The minimum atomic E-state index is -0.292. The van der Waals surface area contributed by atoms with Crippen LogP contribution in [-0.2, 0) is 12.4 Å². The number of aromatic amines is 1. The van der Waals surface area contributed by atoms with Gasteiger partial charge in [-0.2, -0.15) is 0 Å². The van der Waals surface area contributed by atoms with Gasteiger partial charge in [0.1, 0.15) is 5.82 Å². The van der Waals surface area contributed by atoms with Gasteiger partial charge in [0.15, 0.2) is 0 Å². The summed E-state index contributed by atoms with van der Waals surface area (Å²) in [4.78, 5) is 19.3. The molecule has 0 fully saturated rings. The molecule has 4 nitrogen and oxygen atoms in total. The Morgan fingerprint density at radius 2 is 2.17 bits per heavy atom. The third-order valence-electron chi connectivity index (χ3n) is 2.30. The zero-order valence-corrected chi connectivity index (χ0v) is 11.8. The number of nitrogens with one attached hydrogen (secondary N) is 1. The molecule has 1 heterocycles. The topological polar surface area (TPSA) is 66.0 Å². The Labute approximate surface area is 117 Å². The van der Waals surface area contributed by atoms with E-state index in [0.717, 1.165) is 9.37 Å². The molecule has 2 rings (SSSR count). The van der Waals surface area contributed by atoms with Gasteiger partial charge < -0.3 is 10.1 Å². The predicted octanol–water partition coefficient (Wildman–Crippen LogP) is 2.32. The number of aromatic nitrogens is 2. The summed E-state index contributed by atoms with van der Waals surface area (Å²) in [7, 11) is 0. The number of hydrogen-bond donors (Lipinski definition) is 2. The first-order chi connectivity index (χ1) is 8.70. The molecule has 0 atom stereocenters.